The Hall–Kier alpha value is -3.72. The van der Waals surface area contributed by atoms with Gasteiger partial charge in [-0.1, -0.05) is 0 Å². The van der Waals surface area contributed by atoms with E-state index < -0.39 is 12.0 Å². The van der Waals surface area contributed by atoms with E-state index in [9.17, 15) is 9.59 Å². The Morgan fingerprint density at radius 2 is 2.03 bits per heavy atom. The summed E-state index contributed by atoms with van der Waals surface area (Å²) < 4.78 is 6.77. The molecule has 0 unspecified atom stereocenters. The van der Waals surface area contributed by atoms with Crippen molar-refractivity contribution in [2.45, 2.75) is 0 Å². The number of carbonyl (C=O) groups excluding carboxylic acids is 2. The Morgan fingerprint density at radius 3 is 2.79 bits per heavy atom. The first kappa shape index (κ1) is 18.6. The van der Waals surface area contributed by atoms with Crippen molar-refractivity contribution in [3.05, 3.63) is 48.4 Å². The minimum Gasteiger partial charge on any atom is -0.447 e. The molecule has 3 heterocycles. The fourth-order valence-electron chi connectivity index (χ4n) is 3.24. The van der Waals surface area contributed by atoms with Crippen molar-refractivity contribution in [3.8, 4) is 11.3 Å². The average Bonchev–Trinajstić information content (AvgIpc) is 3.31. The van der Waals surface area contributed by atoms with E-state index in [0.717, 1.165) is 32.6 Å². The molecule has 4 rings (SSSR count). The molecule has 2 N–H and O–H groups in total. The SMILES string of the molecule is CN(C(=O)OCCO)C(=O)c1ccc2c(c1)c(-c1cc3nccnc3[nH]1)cn2C. The first-order valence-electron chi connectivity index (χ1n) is 8.94. The summed E-state index contributed by atoms with van der Waals surface area (Å²) in [6.07, 6.45) is 4.40. The molecule has 4 aromatic rings. The summed E-state index contributed by atoms with van der Waals surface area (Å²) in [6, 6.07) is 7.15. The fraction of sp³-hybridized carbons (Fsp3) is 0.200. The number of amides is 2. The van der Waals surface area contributed by atoms with Crippen molar-refractivity contribution in [2.75, 3.05) is 20.3 Å². The van der Waals surface area contributed by atoms with Gasteiger partial charge in [0.1, 0.15) is 12.1 Å². The second-order valence-corrected chi connectivity index (χ2v) is 6.56. The van der Waals surface area contributed by atoms with Crippen molar-refractivity contribution >= 4 is 34.1 Å². The number of fused-ring (bicyclic) bond motifs is 2. The first-order valence-corrected chi connectivity index (χ1v) is 8.94. The Bertz CT molecular complexity index is 1190. The summed E-state index contributed by atoms with van der Waals surface area (Å²) >= 11 is 0. The maximum atomic E-state index is 12.7. The smallest absolute Gasteiger partial charge is 0.416 e. The van der Waals surface area contributed by atoms with Crippen LogP contribution in [0.3, 0.4) is 0 Å². The van der Waals surface area contributed by atoms with Crippen LogP contribution >= 0.6 is 0 Å². The number of aliphatic hydroxyl groups excluding tert-OH is 1. The molecule has 0 radical (unpaired) electrons. The minimum absolute atomic E-state index is 0.166. The lowest BCUT2D eigenvalue weighted by Crippen LogP contribution is -2.34. The molecule has 0 spiro atoms. The zero-order valence-corrected chi connectivity index (χ0v) is 15.9. The third-order valence-corrected chi connectivity index (χ3v) is 4.68. The monoisotopic (exact) mass is 393 g/mol. The van der Waals surface area contributed by atoms with E-state index in [-0.39, 0.29) is 13.2 Å². The molecule has 0 atom stereocenters. The highest BCUT2D eigenvalue weighted by Crippen LogP contribution is 2.32. The lowest BCUT2D eigenvalue weighted by atomic mass is 10.1. The van der Waals surface area contributed by atoms with Crippen molar-refractivity contribution in [1.29, 1.82) is 0 Å². The highest BCUT2D eigenvalue weighted by Gasteiger charge is 2.21. The molecule has 148 valence electrons. The molecule has 29 heavy (non-hydrogen) atoms. The maximum absolute atomic E-state index is 12.7. The van der Waals surface area contributed by atoms with Gasteiger partial charge in [0.05, 0.1) is 12.3 Å². The van der Waals surface area contributed by atoms with Gasteiger partial charge in [-0.15, -0.1) is 0 Å². The number of imide groups is 1. The lowest BCUT2D eigenvalue weighted by Gasteiger charge is -2.15. The minimum atomic E-state index is -0.815. The highest BCUT2D eigenvalue weighted by molar-refractivity contribution is 6.07. The van der Waals surface area contributed by atoms with Gasteiger partial charge < -0.3 is 19.4 Å². The van der Waals surface area contributed by atoms with Crippen LogP contribution in [0.4, 0.5) is 4.79 Å². The molecule has 1 aromatic carbocycles. The fourth-order valence-corrected chi connectivity index (χ4v) is 3.24. The summed E-state index contributed by atoms with van der Waals surface area (Å²) in [5.41, 5.74) is 4.43. The second-order valence-electron chi connectivity index (χ2n) is 6.56. The Labute approximate surface area is 165 Å². The predicted octanol–water partition coefficient (Wildman–Crippen LogP) is 2.32. The summed E-state index contributed by atoms with van der Waals surface area (Å²) in [5, 5.41) is 9.62. The van der Waals surface area contributed by atoms with Gasteiger partial charge in [-0.3, -0.25) is 9.78 Å². The topological polar surface area (TPSA) is 113 Å². The van der Waals surface area contributed by atoms with Gasteiger partial charge in [0.15, 0.2) is 5.65 Å². The van der Waals surface area contributed by atoms with Crippen molar-refractivity contribution in [3.63, 3.8) is 0 Å². The largest absolute Gasteiger partial charge is 0.447 e. The van der Waals surface area contributed by atoms with Crippen molar-refractivity contribution in [2.24, 2.45) is 7.05 Å². The van der Waals surface area contributed by atoms with Crippen LogP contribution in [0.2, 0.25) is 0 Å². The highest BCUT2D eigenvalue weighted by atomic mass is 16.6. The van der Waals surface area contributed by atoms with E-state index in [1.54, 1.807) is 24.5 Å². The summed E-state index contributed by atoms with van der Waals surface area (Å²) in [4.78, 5) is 37.3. The molecular weight excluding hydrogens is 374 g/mol. The van der Waals surface area contributed by atoms with Gasteiger partial charge in [-0.05, 0) is 24.3 Å². The summed E-state index contributed by atoms with van der Waals surface area (Å²) in [5.74, 6) is -0.496. The maximum Gasteiger partial charge on any atom is 0.416 e. The number of aromatic nitrogens is 4. The quantitative estimate of drug-likeness (QED) is 0.550. The molecule has 9 heteroatoms. The number of aryl methyl sites for hydroxylation is 1. The molecule has 2 amide bonds. The third kappa shape index (κ3) is 3.32. The normalized spacial score (nSPS) is 11.1. The standard InChI is InChI=1S/C20H19N5O4/c1-24-11-14(15-10-16-18(23-15)22-6-5-21-16)13-9-12(3-4-17(13)24)19(27)25(2)20(28)29-8-7-26/h3-6,9-11,26H,7-8H2,1-2H3,(H,22,23). The van der Waals surface area contributed by atoms with Gasteiger partial charge in [-0.25, -0.2) is 14.7 Å². The number of aromatic amines is 1. The number of carbonyl (C=O) groups is 2. The van der Waals surface area contributed by atoms with Crippen molar-refractivity contribution < 1.29 is 19.4 Å². The third-order valence-electron chi connectivity index (χ3n) is 4.68. The van der Waals surface area contributed by atoms with Crippen LogP contribution in [0.25, 0.3) is 33.3 Å². The molecule has 0 saturated heterocycles. The molecule has 0 fully saturated rings. The van der Waals surface area contributed by atoms with E-state index in [4.69, 9.17) is 9.84 Å². The number of nitrogens with one attached hydrogen (secondary N) is 1. The molecule has 9 nitrogen and oxygen atoms in total. The molecule has 0 saturated carbocycles. The van der Waals surface area contributed by atoms with Crippen LogP contribution in [-0.2, 0) is 11.8 Å². The molecule has 0 aliphatic carbocycles. The number of H-pyrrole nitrogens is 1. The van der Waals surface area contributed by atoms with E-state index in [0.29, 0.717) is 11.2 Å². The van der Waals surface area contributed by atoms with Gasteiger partial charge in [0.2, 0.25) is 0 Å². The van der Waals surface area contributed by atoms with Crippen LogP contribution in [0, 0.1) is 0 Å². The van der Waals surface area contributed by atoms with Crippen LogP contribution < -0.4 is 0 Å². The first-order chi connectivity index (χ1) is 14.0. The van der Waals surface area contributed by atoms with Gasteiger partial charge in [-0.2, -0.15) is 0 Å². The van der Waals surface area contributed by atoms with Crippen LogP contribution in [0.1, 0.15) is 10.4 Å². The summed E-state index contributed by atoms with van der Waals surface area (Å²) in [6.45, 7) is -0.470. The average molecular weight is 393 g/mol. The predicted molar refractivity (Wildman–Crippen MR) is 106 cm³/mol. The zero-order chi connectivity index (χ0) is 20.5. The Balaban J connectivity index is 1.74. The van der Waals surface area contributed by atoms with E-state index >= 15 is 0 Å². The van der Waals surface area contributed by atoms with E-state index in [1.165, 1.54) is 7.05 Å². The Kier molecular flexibility index (Phi) is 4.73. The van der Waals surface area contributed by atoms with Gasteiger partial charge in [0.25, 0.3) is 5.91 Å². The van der Waals surface area contributed by atoms with E-state index in [1.807, 2.05) is 29.9 Å². The van der Waals surface area contributed by atoms with E-state index in [2.05, 4.69) is 15.0 Å². The zero-order valence-electron chi connectivity index (χ0n) is 15.9. The second kappa shape index (κ2) is 7.36. The molecule has 3 aromatic heterocycles. The Morgan fingerprint density at radius 1 is 1.24 bits per heavy atom. The molecular formula is C20H19N5O4. The van der Waals surface area contributed by atoms with Crippen LogP contribution in [-0.4, -0.2) is 61.8 Å². The van der Waals surface area contributed by atoms with Gasteiger partial charge in [0, 0.05) is 54.7 Å². The number of nitrogens with zero attached hydrogens (tertiary/aromatic N) is 4. The number of aliphatic hydroxyl groups is 1. The van der Waals surface area contributed by atoms with Crippen LogP contribution in [0.5, 0.6) is 0 Å². The summed E-state index contributed by atoms with van der Waals surface area (Å²) in [7, 11) is 3.26. The molecule has 0 aliphatic rings. The molecule has 0 bridgehead atoms. The number of benzene rings is 1. The van der Waals surface area contributed by atoms with Gasteiger partial charge >= 0.3 is 6.09 Å². The van der Waals surface area contributed by atoms with Crippen molar-refractivity contribution in [1.82, 2.24) is 24.4 Å². The number of rotatable bonds is 4. The lowest BCUT2D eigenvalue weighted by molar-refractivity contribution is 0.0660. The number of ether oxygens (including phenoxy) is 1. The number of hydrogen-bond acceptors (Lipinski definition) is 6. The van der Waals surface area contributed by atoms with Crippen LogP contribution in [0.15, 0.2) is 42.9 Å². The number of hydrogen-bond donors (Lipinski definition) is 2. The molecule has 0 aliphatic heterocycles.